The van der Waals surface area contributed by atoms with E-state index in [0.717, 1.165) is 22.2 Å². The molecule has 0 radical (unpaired) electrons. The van der Waals surface area contributed by atoms with Gasteiger partial charge in [0.15, 0.2) is 5.82 Å². The van der Waals surface area contributed by atoms with Crippen molar-refractivity contribution in [3.8, 4) is 0 Å². The lowest BCUT2D eigenvalue weighted by atomic mass is 10.1. The number of benzene rings is 1. The Kier molecular flexibility index (Phi) is 3.39. The van der Waals surface area contributed by atoms with E-state index < -0.39 is 6.10 Å². The van der Waals surface area contributed by atoms with Crippen LogP contribution in [-0.4, -0.2) is 20.1 Å². The van der Waals surface area contributed by atoms with Crippen LogP contribution in [0, 0.1) is 6.92 Å². The molecule has 0 spiro atoms. The topological polar surface area (TPSA) is 58.9 Å². The lowest BCUT2D eigenvalue weighted by Gasteiger charge is -2.09. The van der Waals surface area contributed by atoms with Crippen molar-refractivity contribution in [1.82, 2.24) is 15.0 Å². The molecule has 0 saturated heterocycles. The number of para-hydroxylation sites is 1. The SMILES string of the molecule is Cc1cnc(C(O)Cc2ccc3ccccc3n2)nc1. The second-order valence-corrected chi connectivity index (χ2v) is 4.83. The van der Waals surface area contributed by atoms with E-state index in [-0.39, 0.29) is 0 Å². The summed E-state index contributed by atoms with van der Waals surface area (Å²) in [6, 6.07) is 11.9. The Labute approximate surface area is 117 Å². The maximum atomic E-state index is 10.2. The first kappa shape index (κ1) is 12.7. The summed E-state index contributed by atoms with van der Waals surface area (Å²) in [6.45, 7) is 1.92. The molecule has 1 atom stereocenters. The zero-order valence-electron chi connectivity index (χ0n) is 11.2. The number of aliphatic hydroxyl groups is 1. The quantitative estimate of drug-likeness (QED) is 0.790. The summed E-state index contributed by atoms with van der Waals surface area (Å²) in [5.41, 5.74) is 2.74. The highest BCUT2D eigenvalue weighted by Crippen LogP contribution is 2.17. The summed E-state index contributed by atoms with van der Waals surface area (Å²) in [6.07, 6.45) is 3.09. The molecule has 20 heavy (non-hydrogen) atoms. The number of pyridine rings is 1. The highest BCUT2D eigenvalue weighted by atomic mass is 16.3. The minimum absolute atomic E-state index is 0.411. The van der Waals surface area contributed by atoms with E-state index in [0.29, 0.717) is 12.2 Å². The Morgan fingerprint density at radius 1 is 1.05 bits per heavy atom. The Morgan fingerprint density at radius 3 is 2.60 bits per heavy atom. The predicted molar refractivity (Wildman–Crippen MR) is 77.2 cm³/mol. The number of aromatic nitrogens is 3. The summed E-state index contributed by atoms with van der Waals surface area (Å²) in [5, 5.41) is 11.3. The number of nitrogens with zero attached hydrogens (tertiary/aromatic N) is 3. The van der Waals surface area contributed by atoms with Gasteiger partial charge in [-0.05, 0) is 24.6 Å². The molecular weight excluding hydrogens is 250 g/mol. The van der Waals surface area contributed by atoms with Crippen molar-refractivity contribution in [2.75, 3.05) is 0 Å². The fourth-order valence-electron chi connectivity index (χ4n) is 2.09. The molecule has 4 heteroatoms. The smallest absolute Gasteiger partial charge is 0.157 e. The summed E-state index contributed by atoms with van der Waals surface area (Å²) < 4.78 is 0. The van der Waals surface area contributed by atoms with Gasteiger partial charge in [-0.3, -0.25) is 4.98 Å². The second kappa shape index (κ2) is 5.35. The Hall–Kier alpha value is -2.33. The molecule has 0 aliphatic rings. The molecular formula is C16H15N3O. The molecule has 0 fully saturated rings. The van der Waals surface area contributed by atoms with E-state index in [4.69, 9.17) is 0 Å². The fraction of sp³-hybridized carbons (Fsp3) is 0.188. The zero-order chi connectivity index (χ0) is 13.9. The van der Waals surface area contributed by atoms with Crippen molar-refractivity contribution < 1.29 is 5.11 Å². The Balaban J connectivity index is 1.83. The Morgan fingerprint density at radius 2 is 1.80 bits per heavy atom. The van der Waals surface area contributed by atoms with E-state index in [1.54, 1.807) is 12.4 Å². The number of aliphatic hydroxyl groups excluding tert-OH is 1. The van der Waals surface area contributed by atoms with Crippen LogP contribution in [0.15, 0.2) is 48.8 Å². The lowest BCUT2D eigenvalue weighted by molar-refractivity contribution is 0.167. The number of fused-ring (bicyclic) bond motifs is 1. The van der Waals surface area contributed by atoms with Crippen molar-refractivity contribution in [2.45, 2.75) is 19.4 Å². The van der Waals surface area contributed by atoms with Gasteiger partial charge in [-0.25, -0.2) is 9.97 Å². The van der Waals surface area contributed by atoms with E-state index >= 15 is 0 Å². The van der Waals surface area contributed by atoms with Gasteiger partial charge in [-0.2, -0.15) is 0 Å². The van der Waals surface area contributed by atoms with Crippen LogP contribution in [0.1, 0.15) is 23.2 Å². The highest BCUT2D eigenvalue weighted by Gasteiger charge is 2.12. The number of aryl methyl sites for hydroxylation is 1. The molecule has 3 rings (SSSR count). The van der Waals surface area contributed by atoms with Gasteiger partial charge >= 0.3 is 0 Å². The summed E-state index contributed by atoms with van der Waals surface area (Å²) >= 11 is 0. The van der Waals surface area contributed by atoms with Crippen LogP contribution >= 0.6 is 0 Å². The van der Waals surface area contributed by atoms with Crippen LogP contribution in [0.5, 0.6) is 0 Å². The molecule has 100 valence electrons. The lowest BCUT2D eigenvalue weighted by Crippen LogP contribution is -2.07. The molecule has 0 aliphatic carbocycles. The minimum Gasteiger partial charge on any atom is -0.385 e. The summed E-state index contributed by atoms with van der Waals surface area (Å²) in [5.74, 6) is 0.436. The molecule has 1 N–H and O–H groups in total. The molecule has 0 aliphatic heterocycles. The van der Waals surface area contributed by atoms with Crippen molar-refractivity contribution in [3.05, 3.63) is 65.9 Å². The van der Waals surface area contributed by atoms with Crippen LogP contribution in [0.2, 0.25) is 0 Å². The van der Waals surface area contributed by atoms with E-state index in [9.17, 15) is 5.11 Å². The molecule has 2 aromatic heterocycles. The average molecular weight is 265 g/mol. The third-order valence-corrected chi connectivity index (χ3v) is 3.16. The van der Waals surface area contributed by atoms with Gasteiger partial charge in [0.2, 0.25) is 0 Å². The first-order valence-electron chi connectivity index (χ1n) is 6.53. The second-order valence-electron chi connectivity index (χ2n) is 4.83. The van der Waals surface area contributed by atoms with Gasteiger partial charge in [0.25, 0.3) is 0 Å². The van der Waals surface area contributed by atoms with Gasteiger partial charge in [0.1, 0.15) is 6.10 Å². The molecule has 0 amide bonds. The molecule has 2 heterocycles. The van der Waals surface area contributed by atoms with Gasteiger partial charge in [-0.15, -0.1) is 0 Å². The molecule has 0 saturated carbocycles. The van der Waals surface area contributed by atoms with Gasteiger partial charge in [0, 0.05) is 29.9 Å². The van der Waals surface area contributed by atoms with Crippen LogP contribution in [0.25, 0.3) is 10.9 Å². The molecule has 4 nitrogen and oxygen atoms in total. The molecule has 3 aromatic rings. The summed E-state index contributed by atoms with van der Waals surface area (Å²) in [4.78, 5) is 12.8. The highest BCUT2D eigenvalue weighted by molar-refractivity contribution is 5.78. The van der Waals surface area contributed by atoms with Gasteiger partial charge in [0.05, 0.1) is 5.52 Å². The van der Waals surface area contributed by atoms with Crippen LogP contribution < -0.4 is 0 Å². The van der Waals surface area contributed by atoms with Gasteiger partial charge < -0.3 is 5.11 Å². The van der Waals surface area contributed by atoms with Gasteiger partial charge in [-0.1, -0.05) is 24.3 Å². The van der Waals surface area contributed by atoms with Crippen LogP contribution in [0.3, 0.4) is 0 Å². The first-order chi connectivity index (χ1) is 9.72. The maximum Gasteiger partial charge on any atom is 0.157 e. The van der Waals surface area contributed by atoms with Crippen molar-refractivity contribution >= 4 is 10.9 Å². The molecule has 0 bridgehead atoms. The fourth-order valence-corrected chi connectivity index (χ4v) is 2.09. The third-order valence-electron chi connectivity index (χ3n) is 3.16. The largest absolute Gasteiger partial charge is 0.385 e. The number of hydrogen-bond donors (Lipinski definition) is 1. The predicted octanol–water partition coefficient (Wildman–Crippen LogP) is 2.61. The molecule has 1 aromatic carbocycles. The van der Waals surface area contributed by atoms with Crippen molar-refractivity contribution in [3.63, 3.8) is 0 Å². The average Bonchev–Trinajstić information content (AvgIpc) is 2.48. The maximum absolute atomic E-state index is 10.2. The van der Waals surface area contributed by atoms with Crippen molar-refractivity contribution in [1.29, 1.82) is 0 Å². The Bertz CT molecular complexity index is 725. The summed E-state index contributed by atoms with van der Waals surface area (Å²) in [7, 11) is 0. The normalized spacial score (nSPS) is 12.5. The standard InChI is InChI=1S/C16H15N3O/c1-11-9-17-16(18-10-11)15(20)8-13-7-6-12-4-2-3-5-14(12)19-13/h2-7,9-10,15,20H,8H2,1H3. The van der Waals surface area contributed by atoms with E-state index in [2.05, 4.69) is 15.0 Å². The first-order valence-corrected chi connectivity index (χ1v) is 6.53. The molecule has 1 unspecified atom stereocenters. The monoisotopic (exact) mass is 265 g/mol. The van der Waals surface area contributed by atoms with Crippen LogP contribution in [0.4, 0.5) is 0 Å². The van der Waals surface area contributed by atoms with E-state index in [1.807, 2.05) is 43.3 Å². The number of rotatable bonds is 3. The van der Waals surface area contributed by atoms with E-state index in [1.165, 1.54) is 0 Å². The van der Waals surface area contributed by atoms with Crippen LogP contribution in [-0.2, 0) is 6.42 Å². The zero-order valence-corrected chi connectivity index (χ0v) is 11.2. The number of hydrogen-bond acceptors (Lipinski definition) is 4. The van der Waals surface area contributed by atoms with Crippen molar-refractivity contribution in [2.24, 2.45) is 0 Å². The minimum atomic E-state index is -0.732. The third kappa shape index (κ3) is 2.65.